The highest BCUT2D eigenvalue weighted by Gasteiger charge is 2.45. The third-order valence-corrected chi connectivity index (χ3v) is 8.91. The van der Waals surface area contributed by atoms with E-state index in [9.17, 15) is 18.4 Å². The molecule has 3 aliphatic rings. The fourth-order valence-electron chi connectivity index (χ4n) is 5.67. The predicted molar refractivity (Wildman–Crippen MR) is 162 cm³/mol. The van der Waals surface area contributed by atoms with Gasteiger partial charge in [0.1, 0.15) is 29.2 Å². The van der Waals surface area contributed by atoms with Crippen molar-refractivity contribution < 1.29 is 27.8 Å². The first-order valence-corrected chi connectivity index (χ1v) is 14.7. The number of nitrogen functional groups attached to an aromatic ring is 1. The summed E-state index contributed by atoms with van der Waals surface area (Å²) in [7, 11) is 1.49. The number of carbonyl (C=O) groups excluding carboxylic acids is 2. The Hall–Kier alpha value is -4.54. The second-order valence-corrected chi connectivity index (χ2v) is 12.1. The second kappa shape index (κ2) is 11.2. The van der Waals surface area contributed by atoms with Crippen molar-refractivity contribution in [2.75, 3.05) is 26.0 Å². The van der Waals surface area contributed by atoms with Crippen LogP contribution in [0.3, 0.4) is 0 Å². The predicted octanol–water partition coefficient (Wildman–Crippen LogP) is 4.57. The lowest BCUT2D eigenvalue weighted by atomic mass is 9.82. The van der Waals surface area contributed by atoms with E-state index in [-0.39, 0.29) is 36.5 Å². The molecule has 2 fully saturated rings. The molecule has 1 aliphatic heterocycles. The number of anilines is 1. The van der Waals surface area contributed by atoms with Gasteiger partial charge in [0.15, 0.2) is 11.6 Å². The Labute approximate surface area is 254 Å². The maximum atomic E-state index is 14.7. The summed E-state index contributed by atoms with van der Waals surface area (Å²) in [6.45, 7) is 3.41. The number of primary amides is 1. The molecule has 230 valence electrons. The van der Waals surface area contributed by atoms with Crippen LogP contribution in [-0.2, 0) is 10.2 Å². The first-order valence-electron chi connectivity index (χ1n) is 14.7. The van der Waals surface area contributed by atoms with E-state index in [1.165, 1.54) is 20.1 Å². The molecule has 5 N–H and O–H groups in total. The molecule has 2 saturated carbocycles. The van der Waals surface area contributed by atoms with Gasteiger partial charge in [0, 0.05) is 46.6 Å². The summed E-state index contributed by atoms with van der Waals surface area (Å²) < 4.78 is 40.1. The Bertz CT molecular complexity index is 1700. The molecule has 2 aromatic carbocycles. The number of aliphatic imine (C=N–C) groups is 1. The highest BCUT2D eigenvalue weighted by molar-refractivity contribution is 5.99. The van der Waals surface area contributed by atoms with Gasteiger partial charge in [-0.05, 0) is 81.3 Å². The number of pyridine rings is 1. The molecule has 6 rings (SSSR count). The number of carbonyl (C=O) groups is 2. The zero-order chi connectivity index (χ0) is 31.3. The number of nitrogens with zero attached hydrogens (tertiary/aromatic N) is 2. The molecule has 2 amide bonds. The molecule has 0 saturated heterocycles. The Kier molecular flexibility index (Phi) is 7.51. The summed E-state index contributed by atoms with van der Waals surface area (Å²) in [6.07, 6.45) is 5.62. The first-order chi connectivity index (χ1) is 21.0. The number of aromatic nitrogens is 1. The van der Waals surface area contributed by atoms with Gasteiger partial charge in [-0.2, -0.15) is 0 Å². The molecule has 2 atom stereocenters. The Morgan fingerprint density at radius 3 is 2.64 bits per heavy atom. The Balaban J connectivity index is 1.35. The summed E-state index contributed by atoms with van der Waals surface area (Å²) in [5, 5.41) is 3.04. The van der Waals surface area contributed by atoms with E-state index in [0.717, 1.165) is 31.7 Å². The largest absolute Gasteiger partial charge is 0.495 e. The van der Waals surface area contributed by atoms with Gasteiger partial charge in [0.25, 0.3) is 5.91 Å². The topological polar surface area (TPSA) is 142 Å². The minimum Gasteiger partial charge on any atom is -0.495 e. The Morgan fingerprint density at radius 2 is 1.98 bits per heavy atom. The number of hydrogen-bond acceptors (Lipinski definition) is 7. The van der Waals surface area contributed by atoms with Crippen LogP contribution in [0.15, 0.2) is 35.3 Å². The van der Waals surface area contributed by atoms with Gasteiger partial charge >= 0.3 is 0 Å². The zero-order valence-corrected chi connectivity index (χ0v) is 24.9. The lowest BCUT2D eigenvalue weighted by Crippen LogP contribution is -2.40. The monoisotopic (exact) mass is 603 g/mol. The lowest BCUT2D eigenvalue weighted by Gasteiger charge is -2.23. The number of hydrogen-bond donors (Lipinski definition) is 3. The molecule has 11 heteroatoms. The van der Waals surface area contributed by atoms with Crippen LogP contribution in [0.5, 0.6) is 11.5 Å². The maximum absolute atomic E-state index is 14.7. The van der Waals surface area contributed by atoms with E-state index in [2.05, 4.69) is 10.3 Å². The number of nitrogens with one attached hydrogen (secondary N) is 1. The van der Waals surface area contributed by atoms with Crippen LogP contribution < -0.4 is 26.3 Å². The van der Waals surface area contributed by atoms with E-state index < -0.39 is 23.0 Å². The van der Waals surface area contributed by atoms with Crippen molar-refractivity contribution in [3.63, 3.8) is 0 Å². The van der Waals surface area contributed by atoms with Crippen molar-refractivity contribution in [2.45, 2.75) is 56.9 Å². The molecule has 1 aromatic heterocycles. The number of benzene rings is 2. The number of methoxy groups -OCH3 is 1. The van der Waals surface area contributed by atoms with Crippen LogP contribution in [0, 0.1) is 24.5 Å². The zero-order valence-electron chi connectivity index (χ0n) is 24.9. The molecule has 0 radical (unpaired) electrons. The third kappa shape index (κ3) is 5.35. The number of fused-ring (bicyclic) bond motifs is 1. The van der Waals surface area contributed by atoms with Crippen LogP contribution in [-0.4, -0.2) is 49.3 Å². The number of rotatable bonds is 10. The van der Waals surface area contributed by atoms with Gasteiger partial charge < -0.3 is 26.3 Å². The SMILES string of the molecule is COc1cc(C(=O)NC[C@H](c2cc3c(c(-c4ccc(F)c(F)c4C)n2)OC[C@]3(C)C(N)=O)C2CC2)cc(C=NC2CC2)c1N. The first kappa shape index (κ1) is 29.5. The number of amides is 2. The minimum atomic E-state index is -1.15. The van der Waals surface area contributed by atoms with Crippen LogP contribution in [0.4, 0.5) is 14.5 Å². The fourth-order valence-corrected chi connectivity index (χ4v) is 5.67. The highest BCUT2D eigenvalue weighted by Crippen LogP contribution is 2.49. The molecule has 0 unspecified atom stereocenters. The van der Waals surface area contributed by atoms with E-state index in [4.69, 9.17) is 25.9 Å². The van der Waals surface area contributed by atoms with Gasteiger partial charge in [-0.25, -0.2) is 13.8 Å². The van der Waals surface area contributed by atoms with E-state index in [0.29, 0.717) is 56.9 Å². The molecular weight excluding hydrogens is 568 g/mol. The number of ether oxygens (including phenoxy) is 2. The number of halogens is 2. The fraction of sp³-hybridized carbons (Fsp3) is 0.394. The van der Waals surface area contributed by atoms with Crippen LogP contribution in [0.25, 0.3) is 11.3 Å². The van der Waals surface area contributed by atoms with Crippen LogP contribution in [0.2, 0.25) is 0 Å². The van der Waals surface area contributed by atoms with Gasteiger partial charge in [0.2, 0.25) is 5.91 Å². The van der Waals surface area contributed by atoms with Gasteiger partial charge in [0.05, 0.1) is 18.8 Å². The van der Waals surface area contributed by atoms with E-state index in [1.54, 1.807) is 31.3 Å². The molecular formula is C33H35F2N5O4. The van der Waals surface area contributed by atoms with Gasteiger partial charge in [-0.3, -0.25) is 14.6 Å². The van der Waals surface area contributed by atoms with E-state index in [1.807, 2.05) is 0 Å². The van der Waals surface area contributed by atoms with Crippen molar-refractivity contribution in [2.24, 2.45) is 16.6 Å². The number of nitrogens with two attached hydrogens (primary N) is 2. The van der Waals surface area contributed by atoms with Crippen molar-refractivity contribution >= 4 is 23.7 Å². The van der Waals surface area contributed by atoms with E-state index >= 15 is 0 Å². The van der Waals surface area contributed by atoms with Crippen molar-refractivity contribution in [1.82, 2.24) is 10.3 Å². The van der Waals surface area contributed by atoms with Crippen LogP contribution >= 0.6 is 0 Å². The van der Waals surface area contributed by atoms with Crippen molar-refractivity contribution in [3.8, 4) is 22.8 Å². The lowest BCUT2D eigenvalue weighted by molar-refractivity contribution is -0.123. The molecule has 44 heavy (non-hydrogen) atoms. The van der Waals surface area contributed by atoms with Crippen molar-refractivity contribution in [3.05, 3.63) is 69.9 Å². The maximum Gasteiger partial charge on any atom is 0.251 e. The van der Waals surface area contributed by atoms with Crippen LogP contribution in [0.1, 0.15) is 71.3 Å². The summed E-state index contributed by atoms with van der Waals surface area (Å²) in [5.74, 6) is -2.15. The van der Waals surface area contributed by atoms with Gasteiger partial charge in [-0.15, -0.1) is 0 Å². The molecule has 0 spiro atoms. The summed E-state index contributed by atoms with van der Waals surface area (Å²) in [4.78, 5) is 35.5. The highest BCUT2D eigenvalue weighted by atomic mass is 19.2. The quantitative estimate of drug-likeness (QED) is 0.229. The second-order valence-electron chi connectivity index (χ2n) is 12.1. The summed E-state index contributed by atoms with van der Waals surface area (Å²) in [6, 6.07) is 7.88. The standard InChI is InChI=1S/C33H35F2N5O4/c1-16-21(8-9-24(34)27(16)35)29-30-23(33(2,15-44-30)32(37)42)12-25(40-29)22(17-4-5-17)14-39-31(41)18-10-19(13-38-20-6-7-20)28(36)26(11-18)43-3/h8-13,17,20,22H,4-7,14-15,36H2,1-3H3,(H2,37,42)(H,39,41)/t22-,33-/m0/s1. The molecule has 3 aromatic rings. The Morgan fingerprint density at radius 1 is 1.23 bits per heavy atom. The average Bonchev–Trinajstić information content (AvgIpc) is 3.95. The van der Waals surface area contributed by atoms with Gasteiger partial charge in [-0.1, -0.05) is 0 Å². The average molecular weight is 604 g/mol. The normalized spacial score (nSPS) is 19.8. The third-order valence-electron chi connectivity index (χ3n) is 8.91. The smallest absolute Gasteiger partial charge is 0.251 e. The molecule has 2 aliphatic carbocycles. The summed E-state index contributed by atoms with van der Waals surface area (Å²) >= 11 is 0. The molecule has 9 nitrogen and oxygen atoms in total. The molecule has 0 bridgehead atoms. The molecule has 2 heterocycles. The summed E-state index contributed by atoms with van der Waals surface area (Å²) in [5.41, 5.74) is 14.2. The minimum absolute atomic E-state index is 0.00525. The van der Waals surface area contributed by atoms with Crippen molar-refractivity contribution in [1.29, 1.82) is 0 Å².